The van der Waals surface area contributed by atoms with Crippen molar-refractivity contribution in [1.82, 2.24) is 5.32 Å². The fourth-order valence-corrected chi connectivity index (χ4v) is 2.47. The number of hydrogen-bond donors (Lipinski definition) is 1. The zero-order valence-corrected chi connectivity index (χ0v) is 12.4. The van der Waals surface area contributed by atoms with Crippen molar-refractivity contribution in [2.45, 2.75) is 31.8 Å². The minimum atomic E-state index is -2.99. The number of halogens is 1. The quantitative estimate of drug-likeness (QED) is 0.745. The van der Waals surface area contributed by atoms with Gasteiger partial charge in [0.25, 0.3) is 0 Å². The number of ether oxygens (including phenoxy) is 1. The van der Waals surface area contributed by atoms with E-state index in [4.69, 9.17) is 4.74 Å². The van der Waals surface area contributed by atoms with Crippen LogP contribution in [0.2, 0.25) is 0 Å². The molecule has 0 radical (unpaired) electrons. The van der Waals surface area contributed by atoms with Crippen molar-refractivity contribution in [3.8, 4) is 5.75 Å². The van der Waals surface area contributed by atoms with Crippen LogP contribution in [0.1, 0.15) is 24.8 Å². The predicted molar refractivity (Wildman–Crippen MR) is 76.1 cm³/mol. The minimum absolute atomic E-state index is 0.0536. The minimum Gasteiger partial charge on any atom is -0.490 e. The molecule has 0 aromatic heterocycles. The number of nitrogens with one attached hydrogen (secondary N) is 1. The van der Waals surface area contributed by atoms with E-state index in [9.17, 15) is 12.8 Å². The van der Waals surface area contributed by atoms with Gasteiger partial charge in [0.1, 0.15) is 9.84 Å². The normalized spacial score (nSPS) is 15.3. The molecule has 4 nitrogen and oxygen atoms in total. The summed E-state index contributed by atoms with van der Waals surface area (Å²) in [6, 6.07) is 5.47. The van der Waals surface area contributed by atoms with Gasteiger partial charge in [-0.05, 0) is 37.0 Å². The molecule has 0 amide bonds. The van der Waals surface area contributed by atoms with E-state index in [0.717, 1.165) is 5.56 Å². The second kappa shape index (κ2) is 6.54. The molecule has 1 N–H and O–H groups in total. The first-order valence-corrected chi connectivity index (χ1v) is 8.82. The van der Waals surface area contributed by atoms with E-state index in [2.05, 4.69) is 5.32 Å². The maximum Gasteiger partial charge on any atom is 0.165 e. The average molecular weight is 301 g/mol. The zero-order valence-electron chi connectivity index (χ0n) is 11.6. The van der Waals surface area contributed by atoms with Gasteiger partial charge in [-0.25, -0.2) is 12.8 Å². The summed E-state index contributed by atoms with van der Waals surface area (Å²) in [4.78, 5) is 0. The lowest BCUT2D eigenvalue weighted by Gasteiger charge is -2.09. The molecule has 0 spiro atoms. The zero-order chi connectivity index (χ0) is 14.6. The van der Waals surface area contributed by atoms with Crippen molar-refractivity contribution in [2.24, 2.45) is 0 Å². The lowest BCUT2D eigenvalue weighted by Crippen LogP contribution is -2.15. The van der Waals surface area contributed by atoms with Crippen LogP contribution in [0.3, 0.4) is 0 Å². The molecule has 112 valence electrons. The SMILES string of the molecule is CS(=O)(=O)CCCOc1ccc(CNC2CC2)cc1F. The molecule has 1 aromatic carbocycles. The second-order valence-electron chi connectivity index (χ2n) is 5.25. The fraction of sp³-hybridized carbons (Fsp3) is 0.571. The van der Waals surface area contributed by atoms with Crippen LogP contribution in [0.25, 0.3) is 0 Å². The van der Waals surface area contributed by atoms with E-state index in [1.165, 1.54) is 25.2 Å². The Morgan fingerprint density at radius 2 is 2.15 bits per heavy atom. The fourth-order valence-electron chi connectivity index (χ4n) is 1.82. The highest BCUT2D eigenvalue weighted by Gasteiger charge is 2.20. The molecule has 20 heavy (non-hydrogen) atoms. The molecule has 1 aromatic rings. The van der Waals surface area contributed by atoms with Gasteiger partial charge in [0.05, 0.1) is 12.4 Å². The summed E-state index contributed by atoms with van der Waals surface area (Å²) in [5.41, 5.74) is 0.887. The molecule has 1 aliphatic carbocycles. The van der Waals surface area contributed by atoms with Crippen LogP contribution in [0.5, 0.6) is 5.75 Å². The molecule has 0 heterocycles. The summed E-state index contributed by atoms with van der Waals surface area (Å²) < 4.78 is 40.9. The van der Waals surface area contributed by atoms with Crippen molar-refractivity contribution < 1.29 is 17.5 Å². The van der Waals surface area contributed by atoms with Crippen LogP contribution in [0, 0.1) is 5.82 Å². The molecule has 1 saturated carbocycles. The highest BCUT2D eigenvalue weighted by molar-refractivity contribution is 7.90. The first-order valence-electron chi connectivity index (χ1n) is 6.76. The standard InChI is InChI=1S/C14H20FNO3S/c1-20(17,18)8-2-7-19-14-6-3-11(9-13(14)15)10-16-12-4-5-12/h3,6,9,12,16H,2,4-5,7-8,10H2,1H3. The van der Waals surface area contributed by atoms with Crippen molar-refractivity contribution in [2.75, 3.05) is 18.6 Å². The van der Waals surface area contributed by atoms with Gasteiger partial charge in [-0.15, -0.1) is 0 Å². The molecule has 0 bridgehead atoms. The number of rotatable bonds is 8. The third-order valence-electron chi connectivity index (χ3n) is 3.09. The van der Waals surface area contributed by atoms with Crippen LogP contribution >= 0.6 is 0 Å². The van der Waals surface area contributed by atoms with Gasteiger partial charge in [0.15, 0.2) is 11.6 Å². The van der Waals surface area contributed by atoms with Gasteiger partial charge in [0, 0.05) is 18.8 Å². The van der Waals surface area contributed by atoms with E-state index >= 15 is 0 Å². The maximum absolute atomic E-state index is 13.8. The van der Waals surface area contributed by atoms with E-state index in [1.54, 1.807) is 6.07 Å². The summed E-state index contributed by atoms with van der Waals surface area (Å²) in [5.74, 6) is -0.175. The third kappa shape index (κ3) is 5.46. The number of hydrogen-bond acceptors (Lipinski definition) is 4. The lowest BCUT2D eigenvalue weighted by atomic mass is 10.2. The van der Waals surface area contributed by atoms with Crippen LogP contribution in [-0.2, 0) is 16.4 Å². The third-order valence-corrected chi connectivity index (χ3v) is 4.12. The topological polar surface area (TPSA) is 55.4 Å². The molecule has 1 aliphatic rings. The summed E-state index contributed by atoms with van der Waals surface area (Å²) in [7, 11) is -2.99. The Morgan fingerprint density at radius 1 is 1.40 bits per heavy atom. The van der Waals surface area contributed by atoms with Crippen molar-refractivity contribution in [3.63, 3.8) is 0 Å². The Morgan fingerprint density at radius 3 is 2.75 bits per heavy atom. The highest BCUT2D eigenvalue weighted by Crippen LogP contribution is 2.21. The smallest absolute Gasteiger partial charge is 0.165 e. The van der Waals surface area contributed by atoms with Gasteiger partial charge in [0.2, 0.25) is 0 Å². The van der Waals surface area contributed by atoms with Gasteiger partial charge in [-0.3, -0.25) is 0 Å². The average Bonchev–Trinajstić information content (AvgIpc) is 3.17. The molecule has 0 aliphatic heterocycles. The first kappa shape index (κ1) is 15.3. The van der Waals surface area contributed by atoms with E-state index in [0.29, 0.717) is 19.0 Å². The molecule has 0 unspecified atom stereocenters. The number of benzene rings is 1. The van der Waals surface area contributed by atoms with Crippen LogP contribution in [0.15, 0.2) is 18.2 Å². The summed E-state index contributed by atoms with van der Waals surface area (Å²) >= 11 is 0. The summed E-state index contributed by atoms with van der Waals surface area (Å²) in [6.45, 7) is 0.861. The molecule has 6 heteroatoms. The molecular formula is C14H20FNO3S. The Labute approximate surface area is 119 Å². The molecule has 0 atom stereocenters. The maximum atomic E-state index is 13.8. The Bertz CT molecular complexity index is 556. The Hall–Kier alpha value is -1.14. The van der Waals surface area contributed by atoms with Crippen molar-refractivity contribution in [3.05, 3.63) is 29.6 Å². The van der Waals surface area contributed by atoms with Crippen LogP contribution < -0.4 is 10.1 Å². The van der Waals surface area contributed by atoms with E-state index in [-0.39, 0.29) is 18.1 Å². The monoisotopic (exact) mass is 301 g/mol. The van der Waals surface area contributed by atoms with Crippen molar-refractivity contribution >= 4 is 9.84 Å². The van der Waals surface area contributed by atoms with Gasteiger partial charge in [-0.1, -0.05) is 6.07 Å². The van der Waals surface area contributed by atoms with E-state index < -0.39 is 15.7 Å². The summed E-state index contributed by atoms with van der Waals surface area (Å²) in [6.07, 6.45) is 3.94. The number of sulfone groups is 1. The second-order valence-corrected chi connectivity index (χ2v) is 7.51. The lowest BCUT2D eigenvalue weighted by molar-refractivity contribution is 0.301. The van der Waals surface area contributed by atoms with Gasteiger partial charge >= 0.3 is 0 Å². The predicted octanol–water partition coefficient (Wildman–Crippen LogP) is 1.89. The molecule has 0 saturated heterocycles. The largest absolute Gasteiger partial charge is 0.490 e. The molecular weight excluding hydrogens is 281 g/mol. The Kier molecular flexibility index (Phi) is 4.99. The van der Waals surface area contributed by atoms with Crippen LogP contribution in [0.4, 0.5) is 4.39 Å². The molecule has 2 rings (SSSR count). The Balaban J connectivity index is 1.79. The highest BCUT2D eigenvalue weighted by atomic mass is 32.2. The van der Waals surface area contributed by atoms with Crippen molar-refractivity contribution in [1.29, 1.82) is 0 Å². The van der Waals surface area contributed by atoms with Crippen LogP contribution in [-0.4, -0.2) is 33.1 Å². The van der Waals surface area contributed by atoms with Gasteiger partial charge in [-0.2, -0.15) is 0 Å². The molecule has 1 fully saturated rings. The first-order chi connectivity index (χ1) is 9.44. The van der Waals surface area contributed by atoms with Gasteiger partial charge < -0.3 is 10.1 Å². The summed E-state index contributed by atoms with van der Waals surface area (Å²) in [5, 5.41) is 3.31. The van der Waals surface area contributed by atoms with E-state index in [1.807, 2.05) is 6.07 Å².